The van der Waals surface area contributed by atoms with E-state index in [1.807, 2.05) is 36.2 Å². The quantitative estimate of drug-likeness (QED) is 0.397. The molecule has 1 aromatic heterocycles. The van der Waals surface area contributed by atoms with Crippen molar-refractivity contribution in [3.05, 3.63) is 89.9 Å². The lowest BCUT2D eigenvalue weighted by atomic mass is 10.1. The Labute approximate surface area is 207 Å². The van der Waals surface area contributed by atoms with E-state index in [2.05, 4.69) is 10.3 Å². The number of fused-ring (bicyclic) bond motifs is 2. The summed E-state index contributed by atoms with van der Waals surface area (Å²) in [6.45, 7) is 0.233. The lowest BCUT2D eigenvalue weighted by Crippen LogP contribution is -2.30. The van der Waals surface area contributed by atoms with Crippen molar-refractivity contribution in [3.8, 4) is 11.5 Å². The highest BCUT2D eigenvalue weighted by atomic mass is 19.1. The summed E-state index contributed by atoms with van der Waals surface area (Å²) in [5, 5.41) is 3.20. The van der Waals surface area contributed by atoms with Crippen LogP contribution in [0.25, 0.3) is 0 Å². The number of aromatic nitrogens is 2. The van der Waals surface area contributed by atoms with E-state index in [0.717, 1.165) is 11.3 Å². The first-order valence-electron chi connectivity index (χ1n) is 11.2. The average Bonchev–Trinajstić information content (AvgIpc) is 2.99. The summed E-state index contributed by atoms with van der Waals surface area (Å²) in [5.74, 6) is 1.57. The summed E-state index contributed by atoms with van der Waals surface area (Å²) in [7, 11) is 5.02. The van der Waals surface area contributed by atoms with Crippen molar-refractivity contribution in [2.24, 2.45) is 0 Å². The summed E-state index contributed by atoms with van der Waals surface area (Å²) in [5.41, 5.74) is 3.23. The zero-order valence-corrected chi connectivity index (χ0v) is 20.0. The fourth-order valence-corrected chi connectivity index (χ4v) is 4.13. The van der Waals surface area contributed by atoms with E-state index in [0.29, 0.717) is 40.2 Å². The van der Waals surface area contributed by atoms with E-state index in [9.17, 15) is 9.18 Å². The third-order valence-corrected chi connectivity index (χ3v) is 6.01. The van der Waals surface area contributed by atoms with Gasteiger partial charge in [0, 0.05) is 13.1 Å². The molecule has 0 aliphatic carbocycles. The van der Waals surface area contributed by atoms with Crippen LogP contribution >= 0.6 is 0 Å². The lowest BCUT2D eigenvalue weighted by Gasteiger charge is -2.24. The molecule has 0 saturated heterocycles. The van der Waals surface area contributed by atoms with Gasteiger partial charge < -0.3 is 19.7 Å². The molecule has 0 atom stereocenters. The number of methoxy groups -OCH3 is 2. The van der Waals surface area contributed by atoms with Crippen LogP contribution in [0.2, 0.25) is 0 Å². The molecule has 2 heterocycles. The zero-order chi connectivity index (χ0) is 25.2. The molecular weight excluding hydrogens is 461 g/mol. The lowest BCUT2D eigenvalue weighted by molar-refractivity contribution is 0.0986. The SMILES string of the molecule is COc1ccc(Nc2ncc3c(n2)N(C)c2ccccc2C(=O)N3Cc2ccc(F)cc2)c(OC)c1. The van der Waals surface area contributed by atoms with Crippen molar-refractivity contribution in [2.75, 3.05) is 36.4 Å². The number of carbonyl (C=O) groups excluding carboxylic acids is 1. The van der Waals surface area contributed by atoms with Crippen LogP contribution in [-0.2, 0) is 6.54 Å². The van der Waals surface area contributed by atoms with Gasteiger partial charge in [0.1, 0.15) is 23.0 Å². The van der Waals surface area contributed by atoms with Gasteiger partial charge in [0.15, 0.2) is 5.82 Å². The van der Waals surface area contributed by atoms with Gasteiger partial charge in [-0.2, -0.15) is 4.98 Å². The van der Waals surface area contributed by atoms with E-state index in [1.165, 1.54) is 12.1 Å². The normalized spacial score (nSPS) is 12.5. The number of halogens is 1. The number of anilines is 5. The maximum atomic E-state index is 13.7. The summed E-state index contributed by atoms with van der Waals surface area (Å²) in [6.07, 6.45) is 1.62. The molecule has 4 aromatic rings. The highest BCUT2D eigenvalue weighted by molar-refractivity contribution is 6.13. The molecule has 1 aliphatic heterocycles. The molecule has 1 aliphatic rings. The van der Waals surface area contributed by atoms with E-state index >= 15 is 0 Å². The van der Waals surface area contributed by atoms with E-state index in [4.69, 9.17) is 14.5 Å². The van der Waals surface area contributed by atoms with Crippen molar-refractivity contribution < 1.29 is 18.7 Å². The third kappa shape index (κ3) is 4.26. The molecule has 0 radical (unpaired) electrons. The highest BCUT2D eigenvalue weighted by Gasteiger charge is 2.31. The number of ether oxygens (including phenoxy) is 2. The van der Waals surface area contributed by atoms with E-state index in [1.54, 1.807) is 55.6 Å². The molecule has 9 heteroatoms. The van der Waals surface area contributed by atoms with E-state index in [-0.39, 0.29) is 18.3 Å². The Morgan fingerprint density at radius 3 is 2.50 bits per heavy atom. The minimum Gasteiger partial charge on any atom is -0.497 e. The van der Waals surface area contributed by atoms with Gasteiger partial charge in [-0.3, -0.25) is 9.69 Å². The second-order valence-electron chi connectivity index (χ2n) is 8.19. The number of carbonyl (C=O) groups is 1. The number of hydrogen-bond donors (Lipinski definition) is 1. The Morgan fingerprint density at radius 1 is 0.972 bits per heavy atom. The predicted octanol–water partition coefficient (Wildman–Crippen LogP) is 5.30. The largest absolute Gasteiger partial charge is 0.497 e. The Balaban J connectivity index is 1.58. The number of amides is 1. The minimum absolute atomic E-state index is 0.193. The second kappa shape index (κ2) is 9.53. The summed E-state index contributed by atoms with van der Waals surface area (Å²) in [4.78, 5) is 26.4. The third-order valence-electron chi connectivity index (χ3n) is 6.01. The smallest absolute Gasteiger partial charge is 0.260 e. The fraction of sp³-hybridized carbons (Fsp3) is 0.148. The Bertz CT molecular complexity index is 1430. The Morgan fingerprint density at radius 2 is 1.75 bits per heavy atom. The van der Waals surface area contributed by atoms with Crippen molar-refractivity contribution >= 4 is 34.7 Å². The van der Waals surface area contributed by atoms with Crippen LogP contribution in [0.15, 0.2) is 72.9 Å². The molecular formula is C27H24FN5O3. The first-order valence-corrected chi connectivity index (χ1v) is 11.2. The van der Waals surface area contributed by atoms with E-state index < -0.39 is 0 Å². The maximum absolute atomic E-state index is 13.7. The molecule has 8 nitrogen and oxygen atoms in total. The number of hydrogen-bond acceptors (Lipinski definition) is 7. The summed E-state index contributed by atoms with van der Waals surface area (Å²) < 4.78 is 24.2. The minimum atomic E-state index is -0.334. The van der Waals surface area contributed by atoms with Gasteiger partial charge in [0.05, 0.1) is 43.9 Å². The van der Waals surface area contributed by atoms with Crippen LogP contribution < -0.4 is 24.6 Å². The Hall–Kier alpha value is -4.66. The van der Waals surface area contributed by atoms with Gasteiger partial charge in [-0.05, 0) is 42.0 Å². The topological polar surface area (TPSA) is 79.8 Å². The molecule has 182 valence electrons. The molecule has 0 bridgehead atoms. The number of benzene rings is 3. The maximum Gasteiger partial charge on any atom is 0.260 e. The van der Waals surface area contributed by atoms with Gasteiger partial charge in [-0.15, -0.1) is 0 Å². The van der Waals surface area contributed by atoms with Gasteiger partial charge in [-0.25, -0.2) is 9.37 Å². The highest BCUT2D eigenvalue weighted by Crippen LogP contribution is 2.40. The number of para-hydroxylation sites is 1. The van der Waals surface area contributed by atoms with Crippen LogP contribution in [0, 0.1) is 5.82 Å². The number of nitrogens with one attached hydrogen (secondary N) is 1. The predicted molar refractivity (Wildman–Crippen MR) is 136 cm³/mol. The summed E-state index contributed by atoms with van der Waals surface area (Å²) in [6, 6.07) is 18.8. The van der Waals surface area contributed by atoms with Crippen LogP contribution in [0.4, 0.5) is 33.2 Å². The molecule has 0 spiro atoms. The van der Waals surface area contributed by atoms with Crippen molar-refractivity contribution in [1.29, 1.82) is 0 Å². The first kappa shape index (κ1) is 23.1. The van der Waals surface area contributed by atoms with Gasteiger partial charge in [0.25, 0.3) is 5.91 Å². The van der Waals surface area contributed by atoms with Crippen LogP contribution in [0.1, 0.15) is 15.9 Å². The summed E-state index contributed by atoms with van der Waals surface area (Å²) >= 11 is 0. The fourth-order valence-electron chi connectivity index (χ4n) is 4.13. The van der Waals surface area contributed by atoms with Crippen molar-refractivity contribution in [1.82, 2.24) is 9.97 Å². The van der Waals surface area contributed by atoms with Gasteiger partial charge in [-0.1, -0.05) is 24.3 Å². The standard InChI is InChI=1S/C27H24FN5O3/c1-32-22-7-5-4-6-20(22)26(34)33(16-17-8-10-18(28)11-9-17)23-15-29-27(31-25(23)32)30-21-13-12-19(35-2)14-24(21)36-3/h4-15H,16H2,1-3H3,(H,29,30,31). The molecule has 0 fully saturated rings. The molecule has 36 heavy (non-hydrogen) atoms. The van der Waals surface area contributed by atoms with Crippen LogP contribution in [-0.4, -0.2) is 37.1 Å². The van der Waals surface area contributed by atoms with Crippen molar-refractivity contribution in [3.63, 3.8) is 0 Å². The molecule has 5 rings (SSSR count). The van der Waals surface area contributed by atoms with Gasteiger partial charge >= 0.3 is 0 Å². The molecule has 1 N–H and O–H groups in total. The number of rotatable bonds is 6. The molecule has 1 amide bonds. The number of nitrogens with zero attached hydrogens (tertiary/aromatic N) is 4. The first-order chi connectivity index (χ1) is 17.5. The molecule has 0 unspecified atom stereocenters. The average molecular weight is 486 g/mol. The second-order valence-corrected chi connectivity index (χ2v) is 8.19. The van der Waals surface area contributed by atoms with Crippen LogP contribution in [0.3, 0.4) is 0 Å². The molecule has 3 aromatic carbocycles. The molecule has 0 saturated carbocycles. The van der Waals surface area contributed by atoms with Gasteiger partial charge in [0.2, 0.25) is 5.95 Å². The van der Waals surface area contributed by atoms with Crippen LogP contribution in [0.5, 0.6) is 11.5 Å². The monoisotopic (exact) mass is 485 g/mol. The zero-order valence-electron chi connectivity index (χ0n) is 20.0. The Kier molecular flexibility index (Phi) is 6.12. The van der Waals surface area contributed by atoms with Crippen molar-refractivity contribution in [2.45, 2.75) is 6.54 Å².